The second-order valence-corrected chi connectivity index (χ2v) is 11.1. The van der Waals surface area contributed by atoms with Gasteiger partial charge in [-0.15, -0.1) is 0 Å². The van der Waals surface area contributed by atoms with Gasteiger partial charge in [0.05, 0.1) is 11.5 Å². The topological polar surface area (TPSA) is 104 Å². The molecule has 0 aliphatic carbocycles. The highest BCUT2D eigenvalue weighted by Gasteiger charge is 2.53. The third-order valence-corrected chi connectivity index (χ3v) is 8.23. The van der Waals surface area contributed by atoms with E-state index in [0.29, 0.717) is 24.9 Å². The van der Waals surface area contributed by atoms with Gasteiger partial charge >= 0.3 is 6.03 Å². The number of rotatable bonds is 8. The fourth-order valence-electron chi connectivity index (χ4n) is 4.81. The number of hydrogen-bond donors (Lipinski definition) is 1. The molecular formula is C25H29N3O5S. The van der Waals surface area contributed by atoms with Crippen LogP contribution in [-0.4, -0.2) is 66.7 Å². The quantitative estimate of drug-likeness (QED) is 0.579. The molecule has 2 atom stereocenters. The molecule has 8 nitrogen and oxygen atoms in total. The van der Waals surface area contributed by atoms with Gasteiger partial charge in [0.15, 0.2) is 15.4 Å². The second kappa shape index (κ2) is 9.58. The van der Waals surface area contributed by atoms with Gasteiger partial charge in [-0.05, 0) is 24.0 Å². The van der Waals surface area contributed by atoms with Crippen LogP contribution < -0.4 is 5.32 Å². The van der Waals surface area contributed by atoms with Gasteiger partial charge < -0.3 is 10.2 Å². The first kappa shape index (κ1) is 23.9. The first-order valence-corrected chi connectivity index (χ1v) is 13.3. The number of nitrogens with zero attached hydrogens (tertiary/aromatic N) is 2. The predicted molar refractivity (Wildman–Crippen MR) is 128 cm³/mol. The Bertz CT molecular complexity index is 1170. The van der Waals surface area contributed by atoms with Crippen molar-refractivity contribution in [2.45, 2.75) is 37.8 Å². The van der Waals surface area contributed by atoms with Crippen molar-refractivity contribution in [1.82, 2.24) is 15.1 Å². The number of amides is 4. The average molecular weight is 484 g/mol. The Labute approximate surface area is 199 Å². The van der Waals surface area contributed by atoms with Crippen LogP contribution in [0.15, 0.2) is 60.7 Å². The molecule has 0 unspecified atom stereocenters. The van der Waals surface area contributed by atoms with Crippen LogP contribution >= 0.6 is 0 Å². The highest BCUT2D eigenvalue weighted by Crippen LogP contribution is 2.33. The Morgan fingerprint density at radius 3 is 2.32 bits per heavy atom. The molecule has 2 aromatic carbocycles. The van der Waals surface area contributed by atoms with Crippen molar-refractivity contribution >= 4 is 27.7 Å². The van der Waals surface area contributed by atoms with Crippen molar-refractivity contribution in [2.75, 3.05) is 24.6 Å². The standard InChI is InChI=1S/C25H29N3O5S/c1-2-14-27(21-13-15-34(32,33)18-21)22(29)17-28-23(30)25(26-24(28)31,20-11-7-4-8-12-20)16-19-9-5-3-6-10-19/h3-12,21H,2,13-18H2,1H3,(H,26,31)/t21-,25-/m1/s1. The minimum absolute atomic E-state index is 0.0441. The Kier molecular flexibility index (Phi) is 6.74. The molecule has 180 valence electrons. The van der Waals surface area contributed by atoms with Crippen molar-refractivity contribution in [2.24, 2.45) is 0 Å². The normalized spacial score (nSPS) is 23.7. The van der Waals surface area contributed by atoms with Gasteiger partial charge in [0, 0.05) is 19.0 Å². The summed E-state index contributed by atoms with van der Waals surface area (Å²) in [6.45, 7) is 1.85. The monoisotopic (exact) mass is 483 g/mol. The summed E-state index contributed by atoms with van der Waals surface area (Å²) in [5.74, 6) is -0.948. The summed E-state index contributed by atoms with van der Waals surface area (Å²) >= 11 is 0. The minimum atomic E-state index is -3.18. The molecule has 34 heavy (non-hydrogen) atoms. The van der Waals surface area contributed by atoms with Crippen LogP contribution in [0.5, 0.6) is 0 Å². The summed E-state index contributed by atoms with van der Waals surface area (Å²) in [5.41, 5.74) is 0.183. The molecule has 0 bridgehead atoms. The van der Waals surface area contributed by atoms with Gasteiger partial charge in [0.2, 0.25) is 5.91 Å². The molecular weight excluding hydrogens is 454 g/mol. The predicted octanol–water partition coefficient (Wildman–Crippen LogP) is 2.10. The molecule has 2 aliphatic heterocycles. The lowest BCUT2D eigenvalue weighted by Crippen LogP contribution is -2.49. The maximum Gasteiger partial charge on any atom is 0.325 e. The van der Waals surface area contributed by atoms with Crippen molar-refractivity contribution in [1.29, 1.82) is 0 Å². The maximum absolute atomic E-state index is 13.8. The molecule has 0 aromatic heterocycles. The number of imide groups is 1. The number of benzene rings is 2. The highest BCUT2D eigenvalue weighted by molar-refractivity contribution is 7.91. The SMILES string of the molecule is CCCN(C(=O)CN1C(=O)N[C@](Cc2ccccc2)(c2ccccc2)C1=O)[C@@H]1CCS(=O)(=O)C1. The average Bonchev–Trinajstić information content (AvgIpc) is 3.30. The van der Waals surface area contributed by atoms with E-state index in [9.17, 15) is 22.8 Å². The van der Waals surface area contributed by atoms with E-state index in [1.165, 1.54) is 4.90 Å². The maximum atomic E-state index is 13.8. The van der Waals surface area contributed by atoms with Crippen molar-refractivity contribution in [3.05, 3.63) is 71.8 Å². The zero-order valence-electron chi connectivity index (χ0n) is 19.1. The molecule has 2 saturated heterocycles. The molecule has 2 aromatic rings. The number of nitrogens with one attached hydrogen (secondary N) is 1. The van der Waals surface area contributed by atoms with Crippen LogP contribution in [0.25, 0.3) is 0 Å². The van der Waals surface area contributed by atoms with Gasteiger partial charge in [-0.25, -0.2) is 13.2 Å². The van der Waals surface area contributed by atoms with Crippen LogP contribution in [0.3, 0.4) is 0 Å². The van der Waals surface area contributed by atoms with E-state index in [1.807, 2.05) is 43.3 Å². The van der Waals surface area contributed by atoms with Crippen LogP contribution in [-0.2, 0) is 31.4 Å². The van der Waals surface area contributed by atoms with E-state index in [1.54, 1.807) is 24.3 Å². The van der Waals surface area contributed by atoms with E-state index >= 15 is 0 Å². The molecule has 9 heteroatoms. The lowest BCUT2D eigenvalue weighted by atomic mass is 9.83. The number of hydrogen-bond acceptors (Lipinski definition) is 5. The fraction of sp³-hybridized carbons (Fsp3) is 0.400. The van der Waals surface area contributed by atoms with Crippen molar-refractivity contribution < 1.29 is 22.8 Å². The first-order valence-electron chi connectivity index (χ1n) is 11.5. The molecule has 0 spiro atoms. The number of carbonyl (C=O) groups is 3. The van der Waals surface area contributed by atoms with Gasteiger partial charge in [0.1, 0.15) is 6.54 Å². The van der Waals surface area contributed by atoms with E-state index in [0.717, 1.165) is 10.5 Å². The number of sulfone groups is 1. The van der Waals surface area contributed by atoms with Crippen molar-refractivity contribution in [3.8, 4) is 0 Å². The summed E-state index contributed by atoms with van der Waals surface area (Å²) in [7, 11) is -3.18. The Balaban J connectivity index is 1.61. The first-order chi connectivity index (χ1) is 16.3. The molecule has 2 aliphatic rings. The largest absolute Gasteiger partial charge is 0.337 e. The smallest absolute Gasteiger partial charge is 0.325 e. The molecule has 2 heterocycles. The molecule has 0 radical (unpaired) electrons. The molecule has 4 amide bonds. The Morgan fingerprint density at radius 1 is 1.09 bits per heavy atom. The minimum Gasteiger partial charge on any atom is -0.337 e. The van der Waals surface area contributed by atoms with E-state index < -0.39 is 45.8 Å². The summed E-state index contributed by atoms with van der Waals surface area (Å²) in [6, 6.07) is 17.4. The van der Waals surface area contributed by atoms with E-state index in [-0.39, 0.29) is 17.9 Å². The van der Waals surface area contributed by atoms with Gasteiger partial charge in [-0.2, -0.15) is 0 Å². The molecule has 2 fully saturated rings. The molecule has 1 N–H and O–H groups in total. The second-order valence-electron chi connectivity index (χ2n) is 8.90. The van der Waals surface area contributed by atoms with Gasteiger partial charge in [-0.1, -0.05) is 67.6 Å². The summed E-state index contributed by atoms with van der Waals surface area (Å²) in [5, 5.41) is 2.86. The lowest BCUT2D eigenvalue weighted by molar-refractivity contribution is -0.140. The van der Waals surface area contributed by atoms with E-state index in [4.69, 9.17) is 0 Å². The Hall–Kier alpha value is -3.20. The third kappa shape index (κ3) is 4.70. The van der Waals surface area contributed by atoms with Crippen LogP contribution in [0.4, 0.5) is 4.79 Å². The van der Waals surface area contributed by atoms with Crippen molar-refractivity contribution in [3.63, 3.8) is 0 Å². The molecule has 0 saturated carbocycles. The van der Waals surface area contributed by atoms with Crippen LogP contribution in [0.2, 0.25) is 0 Å². The van der Waals surface area contributed by atoms with Gasteiger partial charge in [-0.3, -0.25) is 14.5 Å². The number of carbonyl (C=O) groups excluding carboxylic acids is 3. The summed E-state index contributed by atoms with van der Waals surface area (Å²) in [4.78, 5) is 42.5. The van der Waals surface area contributed by atoms with Crippen LogP contribution in [0.1, 0.15) is 30.9 Å². The Morgan fingerprint density at radius 2 is 1.74 bits per heavy atom. The lowest BCUT2D eigenvalue weighted by Gasteiger charge is -2.30. The third-order valence-electron chi connectivity index (χ3n) is 6.48. The summed E-state index contributed by atoms with van der Waals surface area (Å²) < 4.78 is 23.9. The van der Waals surface area contributed by atoms with Crippen LogP contribution in [0, 0.1) is 0 Å². The highest BCUT2D eigenvalue weighted by atomic mass is 32.2. The van der Waals surface area contributed by atoms with Gasteiger partial charge in [0.25, 0.3) is 5.91 Å². The fourth-order valence-corrected chi connectivity index (χ4v) is 6.54. The molecule has 4 rings (SSSR count). The zero-order valence-corrected chi connectivity index (χ0v) is 20.0. The summed E-state index contributed by atoms with van der Waals surface area (Å²) in [6.07, 6.45) is 1.26. The number of urea groups is 1. The zero-order chi connectivity index (χ0) is 24.3. The van der Waals surface area contributed by atoms with E-state index in [2.05, 4.69) is 5.32 Å².